The van der Waals surface area contributed by atoms with E-state index in [9.17, 15) is 4.79 Å². The van der Waals surface area contributed by atoms with Gasteiger partial charge in [0.05, 0.1) is 16.0 Å². The number of rotatable bonds is 7. The molecule has 0 aliphatic rings. The summed E-state index contributed by atoms with van der Waals surface area (Å²) >= 11 is 3.24. The molecule has 2 aromatic carbocycles. The van der Waals surface area contributed by atoms with E-state index in [1.165, 1.54) is 5.56 Å². The van der Waals surface area contributed by atoms with Gasteiger partial charge in [-0.05, 0) is 38.0 Å². The number of nitrogens with zero attached hydrogens (tertiary/aromatic N) is 1. The zero-order chi connectivity index (χ0) is 18.4. The lowest BCUT2D eigenvalue weighted by Gasteiger charge is -2.12. The summed E-state index contributed by atoms with van der Waals surface area (Å²) in [5.41, 5.74) is 3.37. The smallest absolute Gasteiger partial charge is 0.233 e. The van der Waals surface area contributed by atoms with E-state index in [4.69, 9.17) is 0 Å². The second-order valence-corrected chi connectivity index (χ2v) is 8.54. The van der Waals surface area contributed by atoms with Gasteiger partial charge >= 0.3 is 0 Å². The Balaban J connectivity index is 1.46. The van der Waals surface area contributed by atoms with Gasteiger partial charge < -0.3 is 5.32 Å². The molecule has 134 valence electrons. The van der Waals surface area contributed by atoms with Crippen LogP contribution in [-0.4, -0.2) is 22.7 Å². The predicted molar refractivity (Wildman–Crippen MR) is 111 cm³/mol. The third kappa shape index (κ3) is 5.19. The topological polar surface area (TPSA) is 42.0 Å². The molecule has 0 saturated heterocycles. The lowest BCUT2D eigenvalue weighted by atomic mass is 10.1. The number of hydrogen-bond donors (Lipinski definition) is 1. The summed E-state index contributed by atoms with van der Waals surface area (Å²) in [6, 6.07) is 18.4. The van der Waals surface area contributed by atoms with Gasteiger partial charge in [-0.15, -0.1) is 23.1 Å². The van der Waals surface area contributed by atoms with Gasteiger partial charge in [-0.25, -0.2) is 4.98 Å². The van der Waals surface area contributed by atoms with Crippen molar-refractivity contribution in [1.29, 1.82) is 0 Å². The first-order valence-corrected chi connectivity index (χ1v) is 10.4. The normalized spacial score (nSPS) is 11.9. The number of thiazole rings is 1. The molecule has 1 heterocycles. The molecule has 0 spiro atoms. The van der Waals surface area contributed by atoms with Crippen molar-refractivity contribution in [2.45, 2.75) is 30.4 Å². The molecule has 0 bridgehead atoms. The highest BCUT2D eigenvalue weighted by atomic mass is 32.2. The van der Waals surface area contributed by atoms with E-state index in [-0.39, 0.29) is 11.2 Å². The SMILES string of the molecule is Cc1nc(-c2ccc(CCNC(=O)C(C)Sc3ccccc3)cc2)cs1. The highest BCUT2D eigenvalue weighted by molar-refractivity contribution is 8.00. The average Bonchev–Trinajstić information content (AvgIpc) is 3.09. The van der Waals surface area contributed by atoms with Crippen LogP contribution in [-0.2, 0) is 11.2 Å². The number of carbonyl (C=O) groups excluding carboxylic acids is 1. The minimum atomic E-state index is -0.104. The highest BCUT2D eigenvalue weighted by Crippen LogP contribution is 2.23. The molecule has 0 radical (unpaired) electrons. The Bertz CT molecular complexity index is 844. The first-order valence-electron chi connectivity index (χ1n) is 8.62. The summed E-state index contributed by atoms with van der Waals surface area (Å²) in [6.07, 6.45) is 0.824. The van der Waals surface area contributed by atoms with Crippen LogP contribution in [0.15, 0.2) is 64.9 Å². The summed E-state index contributed by atoms with van der Waals surface area (Å²) in [7, 11) is 0. The molecule has 0 aliphatic heterocycles. The monoisotopic (exact) mass is 382 g/mol. The van der Waals surface area contributed by atoms with Gasteiger partial charge in [0, 0.05) is 22.4 Å². The van der Waals surface area contributed by atoms with Gasteiger partial charge in [-0.1, -0.05) is 42.5 Å². The van der Waals surface area contributed by atoms with Crippen LogP contribution in [0.25, 0.3) is 11.3 Å². The molecule has 5 heteroatoms. The van der Waals surface area contributed by atoms with Crippen LogP contribution in [0.2, 0.25) is 0 Å². The second kappa shape index (κ2) is 9.01. The van der Waals surface area contributed by atoms with E-state index in [1.807, 2.05) is 44.2 Å². The Labute approximate surface area is 162 Å². The van der Waals surface area contributed by atoms with E-state index in [1.54, 1.807) is 23.1 Å². The quantitative estimate of drug-likeness (QED) is 0.587. The van der Waals surface area contributed by atoms with Crippen molar-refractivity contribution < 1.29 is 4.79 Å². The van der Waals surface area contributed by atoms with E-state index >= 15 is 0 Å². The standard InChI is InChI=1S/C21H22N2OS2/c1-15(26-19-6-4-3-5-7-19)21(24)22-13-12-17-8-10-18(11-9-17)20-14-25-16(2)23-20/h3-11,14-15H,12-13H2,1-2H3,(H,22,24). The molecule has 3 aromatic rings. The average molecular weight is 383 g/mol. The maximum atomic E-state index is 12.2. The number of thioether (sulfide) groups is 1. The van der Waals surface area contributed by atoms with E-state index < -0.39 is 0 Å². The Morgan fingerprint density at radius 2 is 1.88 bits per heavy atom. The molecule has 1 aromatic heterocycles. The number of amides is 1. The van der Waals surface area contributed by atoms with Crippen LogP contribution in [0.4, 0.5) is 0 Å². The van der Waals surface area contributed by atoms with Crippen LogP contribution in [0.3, 0.4) is 0 Å². The fraction of sp³-hybridized carbons (Fsp3) is 0.238. The van der Waals surface area contributed by atoms with Crippen molar-refractivity contribution in [3.05, 3.63) is 70.5 Å². The minimum Gasteiger partial charge on any atom is -0.355 e. The second-order valence-electron chi connectivity index (χ2n) is 6.06. The molecular formula is C21H22N2OS2. The molecule has 0 saturated carbocycles. The molecule has 0 aliphatic carbocycles. The molecule has 3 nitrogen and oxygen atoms in total. The third-order valence-corrected chi connectivity index (χ3v) is 5.89. The number of aryl methyl sites for hydroxylation is 1. The number of carbonyl (C=O) groups is 1. The Hall–Kier alpha value is -2.11. The van der Waals surface area contributed by atoms with E-state index in [0.29, 0.717) is 6.54 Å². The zero-order valence-corrected chi connectivity index (χ0v) is 16.6. The summed E-state index contributed by atoms with van der Waals surface area (Å²) in [5.74, 6) is 0.0772. The largest absolute Gasteiger partial charge is 0.355 e. The van der Waals surface area contributed by atoms with E-state index in [2.05, 4.69) is 39.9 Å². The summed E-state index contributed by atoms with van der Waals surface area (Å²) < 4.78 is 0. The van der Waals surface area contributed by atoms with Crippen molar-refractivity contribution in [1.82, 2.24) is 10.3 Å². The first kappa shape index (κ1) is 18.7. The number of nitrogens with one attached hydrogen (secondary N) is 1. The van der Waals surface area contributed by atoms with Crippen LogP contribution in [0.1, 0.15) is 17.5 Å². The molecule has 0 fully saturated rings. The Kier molecular flexibility index (Phi) is 6.47. The summed E-state index contributed by atoms with van der Waals surface area (Å²) in [5, 5.41) is 6.08. The van der Waals surface area contributed by atoms with Gasteiger partial charge in [0.25, 0.3) is 0 Å². The van der Waals surface area contributed by atoms with Gasteiger partial charge in [0.15, 0.2) is 0 Å². The molecule has 1 atom stereocenters. The van der Waals surface area contributed by atoms with Crippen LogP contribution in [0, 0.1) is 6.92 Å². The number of hydrogen-bond acceptors (Lipinski definition) is 4. The maximum Gasteiger partial charge on any atom is 0.233 e. The lowest BCUT2D eigenvalue weighted by molar-refractivity contribution is -0.120. The fourth-order valence-electron chi connectivity index (χ4n) is 2.57. The van der Waals surface area contributed by atoms with Crippen molar-refractivity contribution in [3.8, 4) is 11.3 Å². The Morgan fingerprint density at radius 1 is 1.15 bits per heavy atom. The van der Waals surface area contributed by atoms with Crippen molar-refractivity contribution in [2.24, 2.45) is 0 Å². The molecule has 26 heavy (non-hydrogen) atoms. The molecular weight excluding hydrogens is 360 g/mol. The van der Waals surface area contributed by atoms with Crippen LogP contribution in [0.5, 0.6) is 0 Å². The van der Waals surface area contributed by atoms with Gasteiger partial charge in [-0.2, -0.15) is 0 Å². The number of benzene rings is 2. The molecule has 3 rings (SSSR count). The maximum absolute atomic E-state index is 12.2. The van der Waals surface area contributed by atoms with Crippen molar-refractivity contribution >= 4 is 29.0 Å². The molecule has 1 amide bonds. The van der Waals surface area contributed by atoms with E-state index in [0.717, 1.165) is 27.6 Å². The summed E-state index contributed by atoms with van der Waals surface area (Å²) in [4.78, 5) is 17.9. The number of aromatic nitrogens is 1. The van der Waals surface area contributed by atoms with Gasteiger partial charge in [-0.3, -0.25) is 4.79 Å². The first-order chi connectivity index (χ1) is 12.6. The minimum absolute atomic E-state index is 0.0772. The summed E-state index contributed by atoms with van der Waals surface area (Å²) in [6.45, 7) is 4.60. The van der Waals surface area contributed by atoms with Gasteiger partial charge in [0.1, 0.15) is 0 Å². The lowest BCUT2D eigenvalue weighted by Crippen LogP contribution is -2.32. The van der Waals surface area contributed by atoms with Gasteiger partial charge in [0.2, 0.25) is 5.91 Å². The van der Waals surface area contributed by atoms with Crippen molar-refractivity contribution in [2.75, 3.05) is 6.54 Å². The molecule has 1 unspecified atom stereocenters. The zero-order valence-electron chi connectivity index (χ0n) is 14.9. The fourth-order valence-corrected chi connectivity index (χ4v) is 4.10. The highest BCUT2D eigenvalue weighted by Gasteiger charge is 2.13. The predicted octanol–water partition coefficient (Wildman–Crippen LogP) is 4.96. The van der Waals surface area contributed by atoms with Crippen molar-refractivity contribution in [3.63, 3.8) is 0 Å². The third-order valence-electron chi connectivity index (χ3n) is 4.01. The van der Waals surface area contributed by atoms with Crippen LogP contribution >= 0.6 is 23.1 Å². The Morgan fingerprint density at radius 3 is 2.54 bits per heavy atom. The molecule has 1 N–H and O–H groups in total. The van der Waals surface area contributed by atoms with Crippen LogP contribution < -0.4 is 5.32 Å².